The van der Waals surface area contributed by atoms with Crippen LogP contribution in [-0.2, 0) is 26.6 Å². The molecular weight excluding hydrogens is 365 g/mol. The highest BCUT2D eigenvalue weighted by atomic mass is 32.2. The van der Waals surface area contributed by atoms with Gasteiger partial charge in [-0.25, -0.2) is 0 Å². The van der Waals surface area contributed by atoms with Crippen LogP contribution in [0.25, 0.3) is 0 Å². The quantitative estimate of drug-likeness (QED) is 0.500. The largest absolute Gasteiger partial charge is 0.416 e. The summed E-state index contributed by atoms with van der Waals surface area (Å²) in [4.78, 5) is 0. The molecule has 0 aromatic heterocycles. The van der Waals surface area contributed by atoms with Crippen LogP contribution >= 0.6 is 0 Å². The van der Waals surface area contributed by atoms with Crippen molar-refractivity contribution in [1.29, 1.82) is 0 Å². The van der Waals surface area contributed by atoms with Crippen molar-refractivity contribution >= 4 is 44.4 Å². The van der Waals surface area contributed by atoms with E-state index in [9.17, 15) is 8.42 Å². The van der Waals surface area contributed by atoms with Crippen LogP contribution in [-0.4, -0.2) is 53.5 Å². The molecule has 0 saturated carbocycles. The molecule has 0 aromatic carbocycles. The normalized spacial score (nSPS) is 26.8. The van der Waals surface area contributed by atoms with Crippen LogP contribution in [0.5, 0.6) is 0 Å². The van der Waals surface area contributed by atoms with Gasteiger partial charge < -0.3 is 16.5 Å². The Hall–Kier alpha value is 0.618. The average Bonchev–Trinajstić information content (AvgIpc) is 1.83. The van der Waals surface area contributed by atoms with Crippen molar-refractivity contribution in [2.75, 3.05) is 6.26 Å². The van der Waals surface area contributed by atoms with E-state index < -0.39 is 44.4 Å². The maximum absolute atomic E-state index is 9.19. The van der Waals surface area contributed by atoms with E-state index in [1.54, 1.807) is 0 Å². The zero-order valence-corrected chi connectivity index (χ0v) is 19.1. The zero-order chi connectivity index (χ0) is 17.3. The summed E-state index contributed by atoms with van der Waals surface area (Å²) in [6.45, 7) is 16.6. The molecule has 0 spiro atoms. The lowest BCUT2D eigenvalue weighted by Crippen LogP contribution is -2.64. The third-order valence-electron chi connectivity index (χ3n) is 1.97. The monoisotopic (exact) mass is 392 g/mol. The first-order chi connectivity index (χ1) is 8.83. The van der Waals surface area contributed by atoms with Crippen molar-refractivity contribution in [3.63, 3.8) is 0 Å². The lowest BCUT2D eigenvalue weighted by atomic mass is 11.9. The van der Waals surface area contributed by atoms with Crippen LogP contribution in [0.2, 0.25) is 52.4 Å². The Kier molecular flexibility index (Phi) is 6.82. The van der Waals surface area contributed by atoms with E-state index in [2.05, 4.69) is 52.4 Å². The highest BCUT2D eigenvalue weighted by Crippen LogP contribution is 2.30. The molecule has 7 nitrogen and oxygen atoms in total. The van der Waals surface area contributed by atoms with Gasteiger partial charge in [-0.05, 0) is 52.4 Å². The molecule has 0 amide bonds. The van der Waals surface area contributed by atoms with E-state index in [1.807, 2.05) is 0 Å². The summed E-state index contributed by atoms with van der Waals surface area (Å²) in [5, 5.41) is 0. The highest BCUT2D eigenvalue weighted by Gasteiger charge is 2.50. The summed E-state index contributed by atoms with van der Waals surface area (Å²) in [5.41, 5.74) is 0. The summed E-state index contributed by atoms with van der Waals surface area (Å²) >= 11 is 0. The van der Waals surface area contributed by atoms with Crippen LogP contribution < -0.4 is 0 Å². The zero-order valence-electron chi connectivity index (χ0n) is 14.3. The molecule has 1 aliphatic rings. The minimum absolute atomic E-state index is 0.715. The predicted molar refractivity (Wildman–Crippen MR) is 91.7 cm³/mol. The van der Waals surface area contributed by atoms with Gasteiger partial charge in [0.2, 0.25) is 0 Å². The Morgan fingerprint density at radius 3 is 0.810 bits per heavy atom. The van der Waals surface area contributed by atoms with Gasteiger partial charge in [-0.15, -0.1) is 0 Å². The van der Waals surface area contributed by atoms with E-state index in [4.69, 9.17) is 21.0 Å². The smallest absolute Gasteiger partial charge is 0.314 e. The molecule has 1 heterocycles. The number of hydrogen-bond donors (Lipinski definition) is 1. The van der Waals surface area contributed by atoms with Crippen molar-refractivity contribution in [2.24, 2.45) is 0 Å². The Morgan fingerprint density at radius 1 is 0.619 bits per heavy atom. The molecule has 1 saturated heterocycles. The van der Waals surface area contributed by atoms with Gasteiger partial charge in [0.1, 0.15) is 0 Å². The summed E-state index contributed by atoms with van der Waals surface area (Å²) in [6, 6.07) is 0. The van der Waals surface area contributed by atoms with Crippen molar-refractivity contribution < 1.29 is 29.4 Å². The fraction of sp³-hybridized carbons (Fsp3) is 1.00. The molecule has 0 unspecified atom stereocenters. The molecule has 0 aromatic rings. The van der Waals surface area contributed by atoms with Gasteiger partial charge >= 0.3 is 34.2 Å². The first kappa shape index (κ1) is 21.6. The standard InChI is InChI=1S/C8H24O4Si4.CH4O3S/c1-13(2)9-14(3,4)11-16(7,8)12-15(5,6)10-13;1-5(2,3)4/h1-8H3;1H3,(H,2,3,4). The fourth-order valence-corrected chi connectivity index (χ4v) is 23.6. The van der Waals surface area contributed by atoms with E-state index in [-0.39, 0.29) is 0 Å². The van der Waals surface area contributed by atoms with Gasteiger partial charge in [-0.2, -0.15) is 8.42 Å². The third kappa shape index (κ3) is 11.8. The average molecular weight is 393 g/mol. The molecule has 0 atom stereocenters. The predicted octanol–water partition coefficient (Wildman–Crippen LogP) is 2.38. The van der Waals surface area contributed by atoms with E-state index >= 15 is 0 Å². The Labute approximate surface area is 132 Å². The second kappa shape index (κ2) is 6.62. The molecule has 12 heteroatoms. The molecule has 0 aliphatic carbocycles. The van der Waals surface area contributed by atoms with Crippen LogP contribution in [0.1, 0.15) is 0 Å². The van der Waals surface area contributed by atoms with Crippen molar-refractivity contribution in [2.45, 2.75) is 52.4 Å². The molecule has 1 N–H and O–H groups in total. The summed E-state index contributed by atoms with van der Waals surface area (Å²) in [7, 11) is -12.1. The molecule has 0 radical (unpaired) electrons. The fourth-order valence-electron chi connectivity index (χ4n) is 2.45. The number of rotatable bonds is 0. The SMILES string of the molecule is CS(=O)(=O)O.C[Si]1(C)O[Si](C)(C)O[Si](C)(C)O[Si](C)(C)O1. The van der Waals surface area contributed by atoms with Gasteiger partial charge in [0.05, 0.1) is 6.26 Å². The van der Waals surface area contributed by atoms with E-state index in [1.165, 1.54) is 0 Å². The minimum Gasteiger partial charge on any atom is -0.416 e. The number of hydrogen-bond acceptors (Lipinski definition) is 6. The maximum atomic E-state index is 9.19. The first-order valence-corrected chi connectivity index (χ1v) is 19.7. The van der Waals surface area contributed by atoms with Crippen molar-refractivity contribution in [1.82, 2.24) is 0 Å². The van der Waals surface area contributed by atoms with Gasteiger partial charge in [0.25, 0.3) is 10.1 Å². The van der Waals surface area contributed by atoms with Crippen molar-refractivity contribution in [3.8, 4) is 0 Å². The molecule has 1 rings (SSSR count). The van der Waals surface area contributed by atoms with Gasteiger partial charge in [0, 0.05) is 0 Å². The van der Waals surface area contributed by atoms with Gasteiger partial charge in [-0.1, -0.05) is 0 Å². The molecule has 1 fully saturated rings. The minimum atomic E-state index is -3.67. The second-order valence-electron chi connectivity index (χ2n) is 6.74. The van der Waals surface area contributed by atoms with Crippen LogP contribution in [0.15, 0.2) is 0 Å². The topological polar surface area (TPSA) is 91.3 Å². The van der Waals surface area contributed by atoms with Crippen LogP contribution in [0.3, 0.4) is 0 Å². The lowest BCUT2D eigenvalue weighted by molar-refractivity contribution is 0.238. The maximum Gasteiger partial charge on any atom is 0.314 e. The third-order valence-corrected chi connectivity index (χ3v) is 17.7. The van der Waals surface area contributed by atoms with Crippen molar-refractivity contribution in [3.05, 3.63) is 0 Å². The van der Waals surface area contributed by atoms with E-state index in [0.717, 1.165) is 0 Å². The highest BCUT2D eigenvalue weighted by molar-refractivity contribution is 7.85. The van der Waals surface area contributed by atoms with Gasteiger partial charge in [-0.3, -0.25) is 4.55 Å². The second-order valence-corrected chi connectivity index (χ2v) is 22.7. The molecule has 0 bridgehead atoms. The van der Waals surface area contributed by atoms with E-state index in [0.29, 0.717) is 6.26 Å². The van der Waals surface area contributed by atoms with Gasteiger partial charge in [0.15, 0.2) is 0 Å². The Balaban J connectivity index is 0.000000690. The summed E-state index contributed by atoms with van der Waals surface area (Å²) < 4.78 is 50.5. The molecular formula is C9H28O7SSi4. The molecule has 21 heavy (non-hydrogen) atoms. The van der Waals surface area contributed by atoms with Crippen LogP contribution in [0, 0.1) is 0 Å². The summed E-state index contributed by atoms with van der Waals surface area (Å²) in [5.74, 6) is 0. The lowest BCUT2D eigenvalue weighted by Gasteiger charge is -2.46. The first-order valence-electron chi connectivity index (χ1n) is 6.56. The Morgan fingerprint density at radius 2 is 0.714 bits per heavy atom. The Bertz CT molecular complexity index is 381. The molecule has 1 aliphatic heterocycles. The molecule has 128 valence electrons. The van der Waals surface area contributed by atoms with Crippen LogP contribution in [0.4, 0.5) is 0 Å². The summed E-state index contributed by atoms with van der Waals surface area (Å²) in [6.07, 6.45) is 0.715.